The quantitative estimate of drug-likeness (QED) is 0.804. The van der Waals surface area contributed by atoms with Gasteiger partial charge in [0.25, 0.3) is 0 Å². The molecule has 6 heteroatoms. The number of rotatable bonds is 7. The van der Waals surface area contributed by atoms with E-state index in [1.807, 2.05) is 19.9 Å². The van der Waals surface area contributed by atoms with Crippen molar-refractivity contribution in [2.75, 3.05) is 39.3 Å². The predicted octanol–water partition coefficient (Wildman–Crippen LogP) is 2.47. The van der Waals surface area contributed by atoms with E-state index in [-0.39, 0.29) is 0 Å². The van der Waals surface area contributed by atoms with Gasteiger partial charge in [0, 0.05) is 45.3 Å². The molecule has 0 amide bonds. The van der Waals surface area contributed by atoms with E-state index >= 15 is 0 Å². The van der Waals surface area contributed by atoms with Gasteiger partial charge in [0.05, 0.1) is 5.69 Å². The summed E-state index contributed by atoms with van der Waals surface area (Å²) in [4.78, 5) is 4.67. The van der Waals surface area contributed by atoms with Crippen molar-refractivity contribution in [1.82, 2.24) is 15.0 Å². The number of aliphatic hydroxyl groups excluding tert-OH is 1. The van der Waals surface area contributed by atoms with Crippen molar-refractivity contribution in [3.05, 3.63) is 46.3 Å². The van der Waals surface area contributed by atoms with Gasteiger partial charge in [-0.15, -0.1) is 0 Å². The van der Waals surface area contributed by atoms with Crippen LogP contribution >= 0.6 is 0 Å². The van der Waals surface area contributed by atoms with Crippen LogP contribution in [0.4, 0.5) is 0 Å². The molecule has 27 heavy (non-hydrogen) atoms. The lowest BCUT2D eigenvalue weighted by molar-refractivity contribution is 0.0439. The first-order valence-corrected chi connectivity index (χ1v) is 9.67. The number of aryl methyl sites for hydroxylation is 3. The molecule has 0 spiro atoms. The van der Waals surface area contributed by atoms with Crippen LogP contribution in [-0.4, -0.2) is 65.5 Å². The van der Waals surface area contributed by atoms with Gasteiger partial charge in [0.1, 0.15) is 24.2 Å². The lowest BCUT2D eigenvalue weighted by atomic mass is 10.1. The highest BCUT2D eigenvalue weighted by atomic mass is 16.5. The normalized spacial score (nSPS) is 17.2. The number of piperazine rings is 1. The van der Waals surface area contributed by atoms with E-state index in [9.17, 15) is 5.11 Å². The molecule has 2 heterocycles. The van der Waals surface area contributed by atoms with Gasteiger partial charge in [-0.3, -0.25) is 9.80 Å². The summed E-state index contributed by atoms with van der Waals surface area (Å²) in [6.07, 6.45) is -0.492. The largest absolute Gasteiger partial charge is 0.490 e. The number of aliphatic hydroxyl groups is 1. The zero-order valence-corrected chi connectivity index (χ0v) is 16.9. The molecule has 0 aliphatic carbocycles. The second-order valence-corrected chi connectivity index (χ2v) is 7.62. The van der Waals surface area contributed by atoms with Gasteiger partial charge in [0.2, 0.25) is 0 Å². The molecule has 1 aromatic carbocycles. The monoisotopic (exact) mass is 373 g/mol. The second kappa shape index (κ2) is 8.87. The molecule has 1 saturated heterocycles. The number of ether oxygens (including phenoxy) is 1. The minimum atomic E-state index is -0.492. The van der Waals surface area contributed by atoms with Crippen LogP contribution in [0.2, 0.25) is 0 Å². The molecule has 0 radical (unpaired) electrons. The minimum Gasteiger partial charge on any atom is -0.490 e. The van der Waals surface area contributed by atoms with Crippen LogP contribution in [0.1, 0.15) is 28.1 Å². The van der Waals surface area contributed by atoms with Crippen molar-refractivity contribution in [3.8, 4) is 5.75 Å². The molecule has 1 aliphatic heterocycles. The summed E-state index contributed by atoms with van der Waals surface area (Å²) >= 11 is 0. The Hall–Kier alpha value is -1.89. The minimum absolute atomic E-state index is 0.323. The van der Waals surface area contributed by atoms with Gasteiger partial charge in [0.15, 0.2) is 0 Å². The van der Waals surface area contributed by atoms with E-state index in [2.05, 4.69) is 40.9 Å². The molecule has 0 bridgehead atoms. The number of aromatic nitrogens is 1. The Morgan fingerprint density at radius 3 is 2.41 bits per heavy atom. The van der Waals surface area contributed by atoms with Crippen molar-refractivity contribution in [2.24, 2.45) is 0 Å². The zero-order valence-electron chi connectivity index (χ0n) is 16.9. The summed E-state index contributed by atoms with van der Waals surface area (Å²) in [5, 5.41) is 14.5. The van der Waals surface area contributed by atoms with Crippen molar-refractivity contribution >= 4 is 0 Å². The van der Waals surface area contributed by atoms with Crippen LogP contribution in [0.25, 0.3) is 0 Å². The molecule has 1 N–H and O–H groups in total. The molecule has 1 atom stereocenters. The maximum absolute atomic E-state index is 10.4. The van der Waals surface area contributed by atoms with Crippen molar-refractivity contribution in [2.45, 2.75) is 40.3 Å². The Morgan fingerprint density at radius 1 is 1.07 bits per heavy atom. The van der Waals surface area contributed by atoms with Crippen molar-refractivity contribution < 1.29 is 14.4 Å². The number of nitrogens with zero attached hydrogens (tertiary/aromatic N) is 3. The highest BCUT2D eigenvalue weighted by molar-refractivity contribution is 5.44. The fourth-order valence-electron chi connectivity index (χ4n) is 3.53. The molecule has 1 aliphatic rings. The van der Waals surface area contributed by atoms with Crippen LogP contribution in [0.3, 0.4) is 0 Å². The van der Waals surface area contributed by atoms with E-state index in [4.69, 9.17) is 9.26 Å². The first-order chi connectivity index (χ1) is 12.9. The molecule has 1 aromatic heterocycles. The Bertz CT molecular complexity index is 751. The summed E-state index contributed by atoms with van der Waals surface area (Å²) in [6, 6.07) is 6.16. The second-order valence-electron chi connectivity index (χ2n) is 7.62. The van der Waals surface area contributed by atoms with Crippen LogP contribution in [0.15, 0.2) is 22.7 Å². The average Bonchev–Trinajstić information content (AvgIpc) is 3.05. The SMILES string of the molecule is Cc1cc(CN2CCN(CC(O)COc3c(C)ccc(C)c3C)CC2)no1. The summed E-state index contributed by atoms with van der Waals surface area (Å²) in [5.41, 5.74) is 4.46. The van der Waals surface area contributed by atoms with E-state index < -0.39 is 6.10 Å². The van der Waals surface area contributed by atoms with Crippen LogP contribution in [0, 0.1) is 27.7 Å². The third kappa shape index (κ3) is 5.31. The van der Waals surface area contributed by atoms with Gasteiger partial charge in [-0.05, 0) is 44.4 Å². The fraction of sp³-hybridized carbons (Fsp3) is 0.571. The third-order valence-electron chi connectivity index (χ3n) is 5.29. The maximum Gasteiger partial charge on any atom is 0.133 e. The number of hydrogen-bond acceptors (Lipinski definition) is 6. The van der Waals surface area contributed by atoms with E-state index in [1.165, 1.54) is 5.56 Å². The molecule has 6 nitrogen and oxygen atoms in total. The lowest BCUT2D eigenvalue weighted by Crippen LogP contribution is -2.48. The number of β-amino-alcohol motifs (C(OH)–C–C–N with tert-alkyl or cyclic N) is 1. The first kappa shape index (κ1) is 19.9. The van der Waals surface area contributed by atoms with Gasteiger partial charge >= 0.3 is 0 Å². The molecule has 0 saturated carbocycles. The van der Waals surface area contributed by atoms with Gasteiger partial charge in [-0.2, -0.15) is 0 Å². The topological polar surface area (TPSA) is 62.0 Å². The molecular weight excluding hydrogens is 342 g/mol. The lowest BCUT2D eigenvalue weighted by Gasteiger charge is -2.35. The predicted molar refractivity (Wildman–Crippen MR) is 105 cm³/mol. The Labute approximate surface area is 161 Å². The van der Waals surface area contributed by atoms with E-state index in [1.54, 1.807) is 0 Å². The Morgan fingerprint density at radius 2 is 1.74 bits per heavy atom. The maximum atomic E-state index is 10.4. The van der Waals surface area contributed by atoms with Crippen molar-refractivity contribution in [1.29, 1.82) is 0 Å². The van der Waals surface area contributed by atoms with E-state index in [0.29, 0.717) is 13.2 Å². The average molecular weight is 373 g/mol. The summed E-state index contributed by atoms with van der Waals surface area (Å²) in [7, 11) is 0. The summed E-state index contributed by atoms with van der Waals surface area (Å²) in [6.45, 7) is 13.7. The van der Waals surface area contributed by atoms with Gasteiger partial charge in [-0.1, -0.05) is 17.3 Å². The van der Waals surface area contributed by atoms with Gasteiger partial charge < -0.3 is 14.4 Å². The molecule has 3 rings (SSSR count). The van der Waals surface area contributed by atoms with Crippen LogP contribution in [-0.2, 0) is 6.54 Å². The molecule has 1 fully saturated rings. The number of benzene rings is 1. The molecular formula is C21H31N3O3. The zero-order chi connectivity index (χ0) is 19.4. The van der Waals surface area contributed by atoms with Gasteiger partial charge in [-0.25, -0.2) is 0 Å². The molecule has 148 valence electrons. The van der Waals surface area contributed by atoms with Crippen LogP contribution < -0.4 is 4.74 Å². The molecule has 1 unspecified atom stereocenters. The first-order valence-electron chi connectivity index (χ1n) is 9.67. The summed E-state index contributed by atoms with van der Waals surface area (Å²) in [5.74, 6) is 1.76. The smallest absolute Gasteiger partial charge is 0.133 e. The Kier molecular flexibility index (Phi) is 6.52. The highest BCUT2D eigenvalue weighted by Gasteiger charge is 2.20. The summed E-state index contributed by atoms with van der Waals surface area (Å²) < 4.78 is 11.1. The molecule has 2 aromatic rings. The van der Waals surface area contributed by atoms with Crippen molar-refractivity contribution in [3.63, 3.8) is 0 Å². The highest BCUT2D eigenvalue weighted by Crippen LogP contribution is 2.25. The number of hydrogen-bond donors (Lipinski definition) is 1. The fourth-order valence-corrected chi connectivity index (χ4v) is 3.53. The van der Waals surface area contributed by atoms with Crippen LogP contribution in [0.5, 0.6) is 5.75 Å². The standard InChI is InChI=1S/C21H31N3O3/c1-15-5-6-16(2)21(18(15)4)26-14-20(25)13-24-9-7-23(8-10-24)12-19-11-17(3)27-22-19/h5-6,11,20,25H,7-10,12-14H2,1-4H3. The third-order valence-corrected chi connectivity index (χ3v) is 5.29. The Balaban J connectivity index is 1.42. The van der Waals surface area contributed by atoms with E-state index in [0.717, 1.165) is 61.1 Å².